The highest BCUT2D eigenvalue weighted by molar-refractivity contribution is 7.98. The van der Waals surface area contributed by atoms with Crippen LogP contribution in [0.5, 0.6) is 0 Å². The van der Waals surface area contributed by atoms with Gasteiger partial charge in [-0.05, 0) is 43.9 Å². The van der Waals surface area contributed by atoms with Crippen LogP contribution in [0.1, 0.15) is 48.1 Å². The van der Waals surface area contributed by atoms with Gasteiger partial charge in [-0.2, -0.15) is 16.9 Å². The van der Waals surface area contributed by atoms with Crippen molar-refractivity contribution in [2.45, 2.75) is 51.0 Å². The normalized spacial score (nSPS) is 17.2. The molecule has 1 aliphatic heterocycles. The highest BCUT2D eigenvalue weighted by Gasteiger charge is 2.28. The molecule has 2 heterocycles. The first-order valence-electron chi connectivity index (χ1n) is 8.71. The minimum absolute atomic E-state index is 0.164. The van der Waals surface area contributed by atoms with Crippen molar-refractivity contribution in [3.63, 3.8) is 0 Å². The van der Waals surface area contributed by atoms with E-state index in [2.05, 4.69) is 37.4 Å². The van der Waals surface area contributed by atoms with Crippen LogP contribution in [-0.2, 0) is 16.3 Å². The first-order chi connectivity index (χ1) is 11.6. The molecule has 0 unspecified atom stereocenters. The Hall–Kier alpha value is -1.75. The number of nitrogens with zero attached hydrogens (tertiary/aromatic N) is 2. The molecule has 126 valence electrons. The van der Waals surface area contributed by atoms with E-state index in [9.17, 15) is 4.79 Å². The molecule has 0 radical (unpaired) electrons. The van der Waals surface area contributed by atoms with Crippen molar-refractivity contribution in [3.05, 3.63) is 40.6 Å². The van der Waals surface area contributed by atoms with E-state index >= 15 is 0 Å². The molecule has 0 atom stereocenters. The molecule has 1 saturated carbocycles. The molecule has 1 aromatic heterocycles. The summed E-state index contributed by atoms with van der Waals surface area (Å²) in [6.07, 6.45) is 4.37. The molecule has 4 rings (SSSR count). The topological polar surface area (TPSA) is 46.9 Å². The maximum absolute atomic E-state index is 12.7. The smallest absolute Gasteiger partial charge is 0.228 e. The van der Waals surface area contributed by atoms with Gasteiger partial charge in [0.15, 0.2) is 0 Å². The van der Waals surface area contributed by atoms with Crippen LogP contribution < -0.4 is 5.32 Å². The number of carbonyl (C=O) groups excluding carboxylic acids is 1. The fourth-order valence-corrected chi connectivity index (χ4v) is 4.72. The number of nitrogens with one attached hydrogen (secondary N) is 1. The fourth-order valence-electron chi connectivity index (χ4n) is 3.69. The number of carbonyl (C=O) groups is 1. The maximum atomic E-state index is 12.7. The predicted molar refractivity (Wildman–Crippen MR) is 98.6 cm³/mol. The molecular weight excluding hydrogens is 318 g/mol. The lowest BCUT2D eigenvalue weighted by molar-refractivity contribution is -0.119. The van der Waals surface area contributed by atoms with Crippen LogP contribution in [-0.4, -0.2) is 15.7 Å². The largest absolute Gasteiger partial charge is 0.310 e. The number of aromatic nitrogens is 2. The molecule has 2 aliphatic rings. The van der Waals surface area contributed by atoms with Gasteiger partial charge in [0, 0.05) is 23.0 Å². The highest BCUT2D eigenvalue weighted by atomic mass is 32.2. The Morgan fingerprint density at radius 2 is 2.04 bits per heavy atom. The van der Waals surface area contributed by atoms with Gasteiger partial charge in [-0.1, -0.05) is 25.0 Å². The van der Waals surface area contributed by atoms with Crippen molar-refractivity contribution in [1.29, 1.82) is 0 Å². The Bertz CT molecular complexity index is 790. The molecule has 1 aliphatic carbocycles. The van der Waals surface area contributed by atoms with E-state index < -0.39 is 0 Å². The van der Waals surface area contributed by atoms with Crippen LogP contribution in [0, 0.1) is 19.8 Å². The summed E-state index contributed by atoms with van der Waals surface area (Å²) in [6, 6.07) is 6.26. The summed E-state index contributed by atoms with van der Waals surface area (Å²) in [4.78, 5) is 12.7. The number of hydrogen-bond acceptors (Lipinski definition) is 3. The van der Waals surface area contributed by atoms with E-state index in [0.29, 0.717) is 0 Å². The van der Waals surface area contributed by atoms with Crippen molar-refractivity contribution in [1.82, 2.24) is 9.78 Å². The van der Waals surface area contributed by atoms with Crippen LogP contribution in [0.3, 0.4) is 0 Å². The summed E-state index contributed by atoms with van der Waals surface area (Å²) in [5.41, 5.74) is 5.83. The molecule has 1 N–H and O–H groups in total. The van der Waals surface area contributed by atoms with E-state index in [1.165, 1.54) is 29.5 Å². The molecule has 4 nitrogen and oxygen atoms in total. The van der Waals surface area contributed by atoms with Gasteiger partial charge in [-0.3, -0.25) is 4.79 Å². The highest BCUT2D eigenvalue weighted by Crippen LogP contribution is 2.37. The Balaban J connectivity index is 1.75. The lowest BCUT2D eigenvalue weighted by Gasteiger charge is -2.16. The molecule has 0 saturated heterocycles. The molecular formula is C19H23N3OS. The van der Waals surface area contributed by atoms with Gasteiger partial charge < -0.3 is 5.32 Å². The van der Waals surface area contributed by atoms with Crippen LogP contribution >= 0.6 is 11.8 Å². The molecule has 1 amide bonds. The van der Waals surface area contributed by atoms with Gasteiger partial charge in [-0.25, -0.2) is 4.68 Å². The van der Waals surface area contributed by atoms with Gasteiger partial charge in [0.05, 0.1) is 11.4 Å². The van der Waals surface area contributed by atoms with E-state index in [0.717, 1.165) is 41.5 Å². The number of amides is 1. The summed E-state index contributed by atoms with van der Waals surface area (Å²) in [5.74, 6) is 3.08. The fraction of sp³-hybridized carbons (Fsp3) is 0.474. The van der Waals surface area contributed by atoms with Crippen LogP contribution in [0.15, 0.2) is 18.2 Å². The predicted octanol–water partition coefficient (Wildman–Crippen LogP) is 4.36. The summed E-state index contributed by atoms with van der Waals surface area (Å²) in [6.45, 7) is 4.23. The van der Waals surface area contributed by atoms with Gasteiger partial charge in [0.1, 0.15) is 5.82 Å². The zero-order valence-corrected chi connectivity index (χ0v) is 15.1. The van der Waals surface area contributed by atoms with E-state index in [-0.39, 0.29) is 11.8 Å². The van der Waals surface area contributed by atoms with Crippen molar-refractivity contribution in [2.75, 3.05) is 5.32 Å². The minimum atomic E-state index is 0.164. The van der Waals surface area contributed by atoms with Gasteiger partial charge in [0.2, 0.25) is 5.91 Å². The molecule has 0 spiro atoms. The molecule has 0 bridgehead atoms. The maximum Gasteiger partial charge on any atom is 0.228 e. The number of fused-ring (bicyclic) bond motifs is 1. The van der Waals surface area contributed by atoms with E-state index in [4.69, 9.17) is 5.10 Å². The Morgan fingerprint density at radius 1 is 1.25 bits per heavy atom. The van der Waals surface area contributed by atoms with Crippen LogP contribution in [0.2, 0.25) is 0 Å². The lowest BCUT2D eigenvalue weighted by atomic mass is 10.1. The number of benzene rings is 1. The van der Waals surface area contributed by atoms with Gasteiger partial charge in [0.25, 0.3) is 0 Å². The van der Waals surface area contributed by atoms with E-state index in [1.54, 1.807) is 0 Å². The zero-order valence-electron chi connectivity index (χ0n) is 14.3. The first-order valence-corrected chi connectivity index (χ1v) is 9.86. The zero-order chi connectivity index (χ0) is 16.7. The number of aryl methyl sites for hydroxylation is 1. The first kappa shape index (κ1) is 15.8. The second-order valence-corrected chi connectivity index (χ2v) is 7.85. The molecule has 1 aromatic carbocycles. The van der Waals surface area contributed by atoms with Gasteiger partial charge >= 0.3 is 0 Å². The molecule has 1 fully saturated rings. The van der Waals surface area contributed by atoms with E-state index in [1.807, 2.05) is 16.4 Å². The summed E-state index contributed by atoms with van der Waals surface area (Å²) < 4.78 is 1.96. The molecule has 5 heteroatoms. The standard InChI is InChI=1S/C19H23N3OS/c1-12-6-5-9-17(13(12)2)22-18(15-10-24-11-16(15)21-22)20-19(23)14-7-3-4-8-14/h5-6,9,14H,3-4,7-8,10-11H2,1-2H3,(H,20,23). The Kier molecular flexibility index (Phi) is 4.12. The average Bonchev–Trinajstić information content (AvgIpc) is 3.28. The number of hydrogen-bond donors (Lipinski definition) is 1. The molecule has 2 aromatic rings. The number of rotatable bonds is 3. The minimum Gasteiger partial charge on any atom is -0.310 e. The Labute approximate surface area is 147 Å². The van der Waals surface area contributed by atoms with Crippen molar-refractivity contribution >= 4 is 23.5 Å². The summed E-state index contributed by atoms with van der Waals surface area (Å²) in [7, 11) is 0. The average molecular weight is 341 g/mol. The number of thioether (sulfide) groups is 1. The molecule has 24 heavy (non-hydrogen) atoms. The lowest BCUT2D eigenvalue weighted by Crippen LogP contribution is -2.23. The quantitative estimate of drug-likeness (QED) is 0.902. The third-order valence-corrected chi connectivity index (χ3v) is 6.29. The Morgan fingerprint density at radius 3 is 2.83 bits per heavy atom. The summed E-state index contributed by atoms with van der Waals surface area (Å²) >= 11 is 1.87. The van der Waals surface area contributed by atoms with Crippen molar-refractivity contribution in [3.8, 4) is 5.69 Å². The summed E-state index contributed by atoms with van der Waals surface area (Å²) in [5, 5.41) is 8.05. The third kappa shape index (κ3) is 2.65. The number of anilines is 1. The second-order valence-electron chi connectivity index (χ2n) is 6.87. The van der Waals surface area contributed by atoms with Crippen LogP contribution in [0.25, 0.3) is 5.69 Å². The second kappa shape index (κ2) is 6.28. The third-order valence-electron chi connectivity index (χ3n) is 5.32. The van der Waals surface area contributed by atoms with Crippen molar-refractivity contribution in [2.24, 2.45) is 5.92 Å². The van der Waals surface area contributed by atoms with Crippen molar-refractivity contribution < 1.29 is 4.79 Å². The van der Waals surface area contributed by atoms with Gasteiger partial charge in [-0.15, -0.1) is 0 Å². The SMILES string of the molecule is Cc1cccc(-n2nc3c(c2NC(=O)C2CCCC2)CSC3)c1C. The van der Waals surface area contributed by atoms with Crippen LogP contribution in [0.4, 0.5) is 5.82 Å². The monoisotopic (exact) mass is 341 g/mol.